The van der Waals surface area contributed by atoms with E-state index in [1.54, 1.807) is 19.4 Å². The highest BCUT2D eigenvalue weighted by molar-refractivity contribution is 6.30. The van der Waals surface area contributed by atoms with Gasteiger partial charge >= 0.3 is 0 Å². The van der Waals surface area contributed by atoms with Crippen molar-refractivity contribution in [1.82, 2.24) is 10.4 Å². The largest absolute Gasteiger partial charge is 0.497 e. The second-order valence-electron chi connectivity index (χ2n) is 3.77. The van der Waals surface area contributed by atoms with Crippen molar-refractivity contribution in [3.8, 4) is 5.75 Å². The number of ether oxygens (including phenoxy) is 1. The van der Waals surface area contributed by atoms with Crippen LogP contribution >= 0.6 is 11.6 Å². The zero-order valence-electron chi connectivity index (χ0n) is 9.93. The summed E-state index contributed by atoms with van der Waals surface area (Å²) in [5.74, 6) is 6.40. The molecule has 0 spiro atoms. The van der Waals surface area contributed by atoms with Gasteiger partial charge in [-0.15, -0.1) is 0 Å². The Kier molecular flexibility index (Phi) is 4.15. The zero-order chi connectivity index (χ0) is 13.0. The van der Waals surface area contributed by atoms with Crippen molar-refractivity contribution >= 4 is 11.6 Å². The van der Waals surface area contributed by atoms with Crippen molar-refractivity contribution in [2.45, 2.75) is 6.04 Å². The Morgan fingerprint density at radius 2 is 1.94 bits per heavy atom. The number of nitrogens with zero attached hydrogens (tertiary/aromatic N) is 1. The number of nitrogens with one attached hydrogen (secondary N) is 1. The maximum absolute atomic E-state index is 5.81. The molecule has 1 unspecified atom stereocenters. The van der Waals surface area contributed by atoms with Crippen LogP contribution in [0.5, 0.6) is 5.75 Å². The summed E-state index contributed by atoms with van der Waals surface area (Å²) in [6.45, 7) is 0. The minimum Gasteiger partial charge on any atom is -0.497 e. The number of nitrogens with two attached hydrogens (primary N) is 1. The number of halogens is 1. The summed E-state index contributed by atoms with van der Waals surface area (Å²) in [5.41, 5.74) is 4.56. The molecule has 0 bridgehead atoms. The fourth-order valence-electron chi connectivity index (χ4n) is 1.71. The van der Waals surface area contributed by atoms with Gasteiger partial charge in [0.05, 0.1) is 23.9 Å². The number of rotatable bonds is 4. The van der Waals surface area contributed by atoms with E-state index in [1.165, 1.54) is 0 Å². The number of hydrazine groups is 1. The van der Waals surface area contributed by atoms with Crippen LogP contribution in [0.3, 0.4) is 0 Å². The average Bonchev–Trinajstić information content (AvgIpc) is 2.42. The molecule has 0 amide bonds. The van der Waals surface area contributed by atoms with Crippen molar-refractivity contribution in [2.75, 3.05) is 7.11 Å². The average molecular weight is 264 g/mol. The van der Waals surface area contributed by atoms with Gasteiger partial charge in [-0.25, -0.2) is 5.43 Å². The van der Waals surface area contributed by atoms with Gasteiger partial charge < -0.3 is 4.74 Å². The van der Waals surface area contributed by atoms with Crippen LogP contribution in [0.2, 0.25) is 5.02 Å². The topological polar surface area (TPSA) is 60.2 Å². The molecule has 18 heavy (non-hydrogen) atoms. The maximum atomic E-state index is 5.81. The highest BCUT2D eigenvalue weighted by Crippen LogP contribution is 2.22. The lowest BCUT2D eigenvalue weighted by atomic mass is 10.0. The van der Waals surface area contributed by atoms with Crippen molar-refractivity contribution in [1.29, 1.82) is 0 Å². The number of methoxy groups -OCH3 is 1. The third-order valence-corrected chi connectivity index (χ3v) is 2.89. The first-order valence-electron chi connectivity index (χ1n) is 5.46. The molecule has 0 aliphatic rings. The van der Waals surface area contributed by atoms with Crippen molar-refractivity contribution in [3.05, 3.63) is 58.9 Å². The van der Waals surface area contributed by atoms with Gasteiger partial charge in [-0.3, -0.25) is 10.8 Å². The zero-order valence-corrected chi connectivity index (χ0v) is 10.7. The van der Waals surface area contributed by atoms with Gasteiger partial charge in [0.2, 0.25) is 0 Å². The highest BCUT2D eigenvalue weighted by atomic mass is 35.5. The van der Waals surface area contributed by atoms with Crippen molar-refractivity contribution in [3.63, 3.8) is 0 Å². The van der Waals surface area contributed by atoms with E-state index in [0.29, 0.717) is 5.02 Å². The molecule has 0 aliphatic carbocycles. The molecule has 0 saturated heterocycles. The van der Waals surface area contributed by atoms with Crippen LogP contribution in [0.25, 0.3) is 0 Å². The SMILES string of the molecule is COc1ccc(C(NN)c2ccc(Cl)cn2)cc1. The van der Waals surface area contributed by atoms with Crippen LogP contribution < -0.4 is 16.0 Å². The maximum Gasteiger partial charge on any atom is 0.118 e. The lowest BCUT2D eigenvalue weighted by Crippen LogP contribution is -2.29. The molecule has 4 nitrogen and oxygen atoms in total. The van der Waals surface area contributed by atoms with E-state index in [9.17, 15) is 0 Å². The van der Waals surface area contributed by atoms with Gasteiger partial charge in [0.1, 0.15) is 5.75 Å². The molecule has 0 radical (unpaired) electrons. The van der Waals surface area contributed by atoms with Crippen LogP contribution in [0.15, 0.2) is 42.6 Å². The normalized spacial score (nSPS) is 12.2. The molecule has 1 atom stereocenters. The fourth-order valence-corrected chi connectivity index (χ4v) is 1.82. The predicted molar refractivity (Wildman–Crippen MR) is 71.4 cm³/mol. The Morgan fingerprint density at radius 3 is 2.44 bits per heavy atom. The smallest absolute Gasteiger partial charge is 0.118 e. The molecule has 2 aromatic rings. The van der Waals surface area contributed by atoms with Gasteiger partial charge in [0, 0.05) is 6.20 Å². The molecule has 0 aliphatic heterocycles. The summed E-state index contributed by atoms with van der Waals surface area (Å²) >= 11 is 5.81. The molecule has 94 valence electrons. The minimum atomic E-state index is -0.173. The van der Waals surface area contributed by atoms with Crippen LogP contribution in [-0.2, 0) is 0 Å². The molecule has 5 heteroatoms. The molecule has 1 aromatic carbocycles. The Hall–Kier alpha value is -1.62. The molecule has 1 aromatic heterocycles. The van der Waals surface area contributed by atoms with E-state index in [1.807, 2.05) is 30.3 Å². The Bertz CT molecular complexity index is 499. The molecule has 1 heterocycles. The van der Waals surface area contributed by atoms with Gasteiger partial charge in [-0.2, -0.15) is 0 Å². The van der Waals surface area contributed by atoms with Crippen molar-refractivity contribution < 1.29 is 4.74 Å². The molecular formula is C13H14ClN3O. The van der Waals surface area contributed by atoms with Gasteiger partial charge in [0.25, 0.3) is 0 Å². The first kappa shape index (κ1) is 12.8. The predicted octanol–water partition coefficient (Wildman–Crippen LogP) is 2.30. The van der Waals surface area contributed by atoms with Crippen LogP contribution in [0.1, 0.15) is 17.3 Å². The monoisotopic (exact) mass is 263 g/mol. The van der Waals surface area contributed by atoms with E-state index < -0.39 is 0 Å². The van der Waals surface area contributed by atoms with Crippen molar-refractivity contribution in [2.24, 2.45) is 5.84 Å². The number of aromatic nitrogens is 1. The van der Waals surface area contributed by atoms with Crippen LogP contribution in [-0.4, -0.2) is 12.1 Å². The minimum absolute atomic E-state index is 0.173. The highest BCUT2D eigenvalue weighted by Gasteiger charge is 2.13. The van der Waals surface area contributed by atoms with E-state index in [4.69, 9.17) is 22.2 Å². The van der Waals surface area contributed by atoms with E-state index in [0.717, 1.165) is 17.0 Å². The van der Waals surface area contributed by atoms with E-state index in [2.05, 4.69) is 10.4 Å². The van der Waals surface area contributed by atoms with E-state index >= 15 is 0 Å². The number of pyridine rings is 1. The fraction of sp³-hybridized carbons (Fsp3) is 0.154. The summed E-state index contributed by atoms with van der Waals surface area (Å²) in [6, 6.07) is 11.1. The summed E-state index contributed by atoms with van der Waals surface area (Å²) in [7, 11) is 1.63. The van der Waals surface area contributed by atoms with Gasteiger partial charge in [-0.05, 0) is 29.8 Å². The molecule has 0 fully saturated rings. The third kappa shape index (κ3) is 2.79. The lowest BCUT2D eigenvalue weighted by Gasteiger charge is -2.16. The summed E-state index contributed by atoms with van der Waals surface area (Å²) < 4.78 is 5.12. The number of hydrogen-bond donors (Lipinski definition) is 2. The lowest BCUT2D eigenvalue weighted by molar-refractivity contribution is 0.414. The number of hydrogen-bond acceptors (Lipinski definition) is 4. The number of benzene rings is 1. The van der Waals surface area contributed by atoms with Crippen LogP contribution in [0.4, 0.5) is 0 Å². The standard InChI is InChI=1S/C13H14ClN3O/c1-18-11-5-2-9(3-6-11)13(17-15)12-7-4-10(14)8-16-12/h2-8,13,17H,15H2,1H3. The summed E-state index contributed by atoms with van der Waals surface area (Å²) in [4.78, 5) is 4.26. The first-order valence-corrected chi connectivity index (χ1v) is 5.84. The second-order valence-corrected chi connectivity index (χ2v) is 4.21. The quantitative estimate of drug-likeness (QED) is 0.656. The molecule has 0 saturated carbocycles. The van der Waals surface area contributed by atoms with E-state index in [-0.39, 0.29) is 6.04 Å². The Labute approximate surface area is 111 Å². The summed E-state index contributed by atoms with van der Waals surface area (Å²) in [5, 5.41) is 0.601. The van der Waals surface area contributed by atoms with Crippen LogP contribution in [0, 0.1) is 0 Å². The molecular weight excluding hydrogens is 250 g/mol. The first-order chi connectivity index (χ1) is 8.74. The Balaban J connectivity index is 2.29. The summed E-state index contributed by atoms with van der Waals surface area (Å²) in [6.07, 6.45) is 1.60. The molecule has 2 rings (SSSR count). The van der Waals surface area contributed by atoms with Gasteiger partial charge in [0.15, 0.2) is 0 Å². The third-order valence-electron chi connectivity index (χ3n) is 2.66. The molecule has 3 N–H and O–H groups in total. The van der Waals surface area contributed by atoms with Gasteiger partial charge in [-0.1, -0.05) is 23.7 Å². The Morgan fingerprint density at radius 1 is 1.22 bits per heavy atom. The second kappa shape index (κ2) is 5.82.